The van der Waals surface area contributed by atoms with E-state index in [2.05, 4.69) is 26.0 Å². The lowest BCUT2D eigenvalue weighted by Gasteiger charge is -2.01. The van der Waals surface area contributed by atoms with Crippen molar-refractivity contribution in [3.05, 3.63) is 12.2 Å². The number of unbranched alkanes of at least 4 members (excludes halogenated alkanes) is 19. The van der Waals surface area contributed by atoms with Gasteiger partial charge in [-0.15, -0.1) is 0 Å². The quantitative estimate of drug-likeness (QED) is 0.143. The van der Waals surface area contributed by atoms with E-state index in [1.165, 1.54) is 135 Å². The zero-order chi connectivity index (χ0) is 18.3. The average molecular weight is 351 g/mol. The van der Waals surface area contributed by atoms with Gasteiger partial charge in [-0.05, 0) is 25.7 Å². The fourth-order valence-corrected chi connectivity index (χ4v) is 3.56. The van der Waals surface area contributed by atoms with Gasteiger partial charge in [0.2, 0.25) is 0 Å². The van der Waals surface area contributed by atoms with Gasteiger partial charge in [-0.2, -0.15) is 0 Å². The molecule has 0 saturated heterocycles. The zero-order valence-electron chi connectivity index (χ0n) is 18.0. The first-order valence-corrected chi connectivity index (χ1v) is 12.1. The standard InChI is InChI=1S/C25H50/c1-3-5-7-9-11-13-15-17-19-21-23-25-24-22-20-18-16-14-12-10-8-6-4-2/h23,25H,3-22,24H2,1-2H3/b25-23-. The van der Waals surface area contributed by atoms with Crippen molar-refractivity contribution in [3.8, 4) is 0 Å². The highest BCUT2D eigenvalue weighted by Crippen LogP contribution is 2.12. The first-order chi connectivity index (χ1) is 12.4. The molecular formula is C25H50. The van der Waals surface area contributed by atoms with E-state index in [9.17, 15) is 0 Å². The van der Waals surface area contributed by atoms with Crippen molar-refractivity contribution in [1.82, 2.24) is 0 Å². The molecule has 0 heterocycles. The Morgan fingerprint density at radius 1 is 0.320 bits per heavy atom. The molecule has 0 heteroatoms. The van der Waals surface area contributed by atoms with Crippen LogP contribution in [-0.2, 0) is 0 Å². The van der Waals surface area contributed by atoms with Gasteiger partial charge >= 0.3 is 0 Å². The van der Waals surface area contributed by atoms with Gasteiger partial charge in [0.1, 0.15) is 0 Å². The van der Waals surface area contributed by atoms with Crippen LogP contribution in [-0.4, -0.2) is 0 Å². The average Bonchev–Trinajstić information content (AvgIpc) is 2.63. The summed E-state index contributed by atoms with van der Waals surface area (Å²) in [5, 5.41) is 0. The van der Waals surface area contributed by atoms with E-state index < -0.39 is 0 Å². The Kier molecular flexibility index (Phi) is 23.5. The van der Waals surface area contributed by atoms with E-state index >= 15 is 0 Å². The minimum Gasteiger partial charge on any atom is -0.0885 e. The molecule has 0 unspecified atom stereocenters. The summed E-state index contributed by atoms with van der Waals surface area (Å²) in [6, 6.07) is 0. The van der Waals surface area contributed by atoms with Crippen LogP contribution in [0.25, 0.3) is 0 Å². The summed E-state index contributed by atoms with van der Waals surface area (Å²) < 4.78 is 0. The van der Waals surface area contributed by atoms with Crippen molar-refractivity contribution >= 4 is 0 Å². The van der Waals surface area contributed by atoms with Gasteiger partial charge in [-0.25, -0.2) is 0 Å². The molecule has 0 aliphatic rings. The van der Waals surface area contributed by atoms with E-state index in [0.29, 0.717) is 0 Å². The van der Waals surface area contributed by atoms with E-state index in [4.69, 9.17) is 0 Å². The molecule has 0 rings (SSSR count). The third-order valence-corrected chi connectivity index (χ3v) is 5.37. The maximum absolute atomic E-state index is 2.44. The van der Waals surface area contributed by atoms with Crippen LogP contribution in [0.1, 0.15) is 149 Å². The van der Waals surface area contributed by atoms with Crippen molar-refractivity contribution < 1.29 is 0 Å². The lowest BCUT2D eigenvalue weighted by Crippen LogP contribution is -1.81. The fraction of sp³-hybridized carbons (Fsp3) is 0.920. The number of hydrogen-bond acceptors (Lipinski definition) is 0. The highest BCUT2D eigenvalue weighted by Gasteiger charge is 1.93. The molecule has 25 heavy (non-hydrogen) atoms. The molecule has 0 aromatic rings. The van der Waals surface area contributed by atoms with E-state index in [1.54, 1.807) is 0 Å². The van der Waals surface area contributed by atoms with Gasteiger partial charge in [0.25, 0.3) is 0 Å². The van der Waals surface area contributed by atoms with Crippen molar-refractivity contribution in [3.63, 3.8) is 0 Å². The Hall–Kier alpha value is -0.260. The zero-order valence-corrected chi connectivity index (χ0v) is 18.0. The maximum Gasteiger partial charge on any atom is -0.0351 e. The number of rotatable bonds is 21. The maximum atomic E-state index is 2.44. The lowest BCUT2D eigenvalue weighted by molar-refractivity contribution is 0.557. The van der Waals surface area contributed by atoms with E-state index in [1.807, 2.05) is 0 Å². The summed E-state index contributed by atoms with van der Waals surface area (Å²) >= 11 is 0. The predicted molar refractivity (Wildman–Crippen MR) is 117 cm³/mol. The Balaban J connectivity index is 3.04. The first-order valence-electron chi connectivity index (χ1n) is 12.1. The normalized spacial score (nSPS) is 11.6. The summed E-state index contributed by atoms with van der Waals surface area (Å²) in [6.07, 6.45) is 34.9. The third-order valence-electron chi connectivity index (χ3n) is 5.37. The highest BCUT2D eigenvalue weighted by atomic mass is 14.0. The molecular weight excluding hydrogens is 300 g/mol. The topological polar surface area (TPSA) is 0 Å². The molecule has 0 fully saturated rings. The number of hydrogen-bond donors (Lipinski definition) is 0. The third kappa shape index (κ3) is 23.7. The smallest absolute Gasteiger partial charge is 0.0351 e. The molecule has 0 spiro atoms. The second kappa shape index (κ2) is 23.7. The summed E-state index contributed by atoms with van der Waals surface area (Å²) in [7, 11) is 0. The van der Waals surface area contributed by atoms with Crippen LogP contribution in [0.15, 0.2) is 12.2 Å². The monoisotopic (exact) mass is 350 g/mol. The molecule has 0 radical (unpaired) electrons. The van der Waals surface area contributed by atoms with Gasteiger partial charge in [-0.3, -0.25) is 0 Å². The minimum atomic E-state index is 1.31. The lowest BCUT2D eigenvalue weighted by atomic mass is 10.1. The molecule has 0 N–H and O–H groups in total. The van der Waals surface area contributed by atoms with Crippen LogP contribution in [0.4, 0.5) is 0 Å². The van der Waals surface area contributed by atoms with Gasteiger partial charge in [0, 0.05) is 0 Å². The molecule has 0 aromatic heterocycles. The molecule has 0 atom stereocenters. The second-order valence-corrected chi connectivity index (χ2v) is 8.06. The Morgan fingerprint density at radius 3 is 0.840 bits per heavy atom. The molecule has 0 bridgehead atoms. The van der Waals surface area contributed by atoms with Gasteiger partial charge in [0.15, 0.2) is 0 Å². The molecule has 150 valence electrons. The van der Waals surface area contributed by atoms with Gasteiger partial charge < -0.3 is 0 Å². The van der Waals surface area contributed by atoms with Crippen LogP contribution < -0.4 is 0 Å². The molecule has 0 amide bonds. The van der Waals surface area contributed by atoms with Crippen LogP contribution >= 0.6 is 0 Å². The predicted octanol–water partition coefficient (Wildman–Crippen LogP) is 9.77. The summed E-state index contributed by atoms with van der Waals surface area (Å²) in [5.41, 5.74) is 0. The van der Waals surface area contributed by atoms with Crippen molar-refractivity contribution in [2.75, 3.05) is 0 Å². The molecule has 0 nitrogen and oxygen atoms in total. The summed E-state index contributed by atoms with van der Waals surface area (Å²) in [6.45, 7) is 4.59. The minimum absolute atomic E-state index is 1.31. The van der Waals surface area contributed by atoms with Crippen LogP contribution in [0, 0.1) is 0 Å². The Labute approximate surface area is 161 Å². The molecule has 0 saturated carbocycles. The largest absolute Gasteiger partial charge is 0.0885 e. The first kappa shape index (κ1) is 24.7. The highest BCUT2D eigenvalue weighted by molar-refractivity contribution is 4.81. The summed E-state index contributed by atoms with van der Waals surface area (Å²) in [4.78, 5) is 0. The Bertz CT molecular complexity index is 240. The fourth-order valence-electron chi connectivity index (χ4n) is 3.56. The Morgan fingerprint density at radius 2 is 0.560 bits per heavy atom. The van der Waals surface area contributed by atoms with Crippen LogP contribution in [0.5, 0.6) is 0 Å². The van der Waals surface area contributed by atoms with Crippen molar-refractivity contribution in [2.45, 2.75) is 149 Å². The van der Waals surface area contributed by atoms with Crippen molar-refractivity contribution in [2.24, 2.45) is 0 Å². The molecule has 0 aliphatic carbocycles. The van der Waals surface area contributed by atoms with Gasteiger partial charge in [0.05, 0.1) is 0 Å². The second-order valence-electron chi connectivity index (χ2n) is 8.06. The molecule has 0 aliphatic heterocycles. The van der Waals surface area contributed by atoms with Gasteiger partial charge in [-0.1, -0.05) is 135 Å². The number of allylic oxidation sites excluding steroid dienone is 2. The van der Waals surface area contributed by atoms with E-state index in [0.717, 1.165) is 0 Å². The van der Waals surface area contributed by atoms with Crippen molar-refractivity contribution in [1.29, 1.82) is 0 Å². The van der Waals surface area contributed by atoms with Crippen LogP contribution in [0.3, 0.4) is 0 Å². The van der Waals surface area contributed by atoms with E-state index in [-0.39, 0.29) is 0 Å². The van der Waals surface area contributed by atoms with Crippen LogP contribution in [0.2, 0.25) is 0 Å². The SMILES string of the molecule is CCCCCCCCCCC/C=C\CCCCCCCCCCCC. The summed E-state index contributed by atoms with van der Waals surface area (Å²) in [5.74, 6) is 0. The molecule has 0 aromatic carbocycles.